The monoisotopic (exact) mass is 288 g/mol. The summed E-state index contributed by atoms with van der Waals surface area (Å²) in [5.74, 6) is 0. The SMILES string of the molecule is CCNCCCc1cn(CCCCOC)c2ccccc12. The molecular formula is C18H28N2O. The first-order chi connectivity index (χ1) is 10.4. The quantitative estimate of drug-likeness (QED) is 0.676. The van der Waals surface area contributed by atoms with Crippen molar-refractivity contribution in [2.24, 2.45) is 0 Å². The van der Waals surface area contributed by atoms with Crippen molar-refractivity contribution < 1.29 is 4.74 Å². The molecule has 0 amide bonds. The molecule has 0 unspecified atom stereocenters. The van der Waals surface area contributed by atoms with Crippen LogP contribution in [0, 0.1) is 0 Å². The van der Waals surface area contributed by atoms with Crippen LogP contribution >= 0.6 is 0 Å². The fourth-order valence-corrected chi connectivity index (χ4v) is 2.82. The molecule has 21 heavy (non-hydrogen) atoms. The molecule has 0 atom stereocenters. The number of fused-ring (bicyclic) bond motifs is 1. The standard InChI is InChI=1S/C18H28N2O/c1-3-19-12-8-9-16-15-20(13-6-7-14-21-2)18-11-5-4-10-17(16)18/h4-5,10-11,15,19H,3,6-9,12-14H2,1-2H3. The van der Waals surface area contributed by atoms with Crippen LogP contribution in [0.2, 0.25) is 0 Å². The Kier molecular flexibility index (Phi) is 6.77. The Labute approximate surface area is 128 Å². The summed E-state index contributed by atoms with van der Waals surface area (Å²) in [5.41, 5.74) is 2.85. The van der Waals surface area contributed by atoms with E-state index in [0.717, 1.165) is 39.1 Å². The topological polar surface area (TPSA) is 26.2 Å². The highest BCUT2D eigenvalue weighted by Gasteiger charge is 2.07. The number of hydrogen-bond acceptors (Lipinski definition) is 2. The second-order valence-electron chi connectivity index (χ2n) is 5.52. The van der Waals surface area contributed by atoms with Gasteiger partial charge in [0.15, 0.2) is 0 Å². The summed E-state index contributed by atoms with van der Waals surface area (Å²) in [4.78, 5) is 0. The number of methoxy groups -OCH3 is 1. The van der Waals surface area contributed by atoms with Crippen molar-refractivity contribution in [3.8, 4) is 0 Å². The smallest absolute Gasteiger partial charge is 0.0483 e. The number of ether oxygens (including phenoxy) is 1. The van der Waals surface area contributed by atoms with Crippen molar-refractivity contribution in [2.75, 3.05) is 26.8 Å². The first-order valence-electron chi connectivity index (χ1n) is 8.13. The van der Waals surface area contributed by atoms with Crippen molar-refractivity contribution in [1.82, 2.24) is 9.88 Å². The second-order valence-corrected chi connectivity index (χ2v) is 5.52. The van der Waals surface area contributed by atoms with Crippen molar-refractivity contribution in [1.29, 1.82) is 0 Å². The minimum absolute atomic E-state index is 0.856. The molecule has 0 spiro atoms. The molecule has 3 heteroatoms. The van der Waals surface area contributed by atoms with Crippen LogP contribution in [0.1, 0.15) is 31.7 Å². The van der Waals surface area contributed by atoms with E-state index in [1.165, 1.54) is 29.3 Å². The highest BCUT2D eigenvalue weighted by Crippen LogP contribution is 2.23. The van der Waals surface area contributed by atoms with Gasteiger partial charge in [-0.3, -0.25) is 0 Å². The molecule has 0 aliphatic carbocycles. The van der Waals surface area contributed by atoms with Crippen molar-refractivity contribution in [2.45, 2.75) is 39.2 Å². The van der Waals surface area contributed by atoms with Crippen molar-refractivity contribution in [3.05, 3.63) is 36.0 Å². The van der Waals surface area contributed by atoms with Gasteiger partial charge in [-0.2, -0.15) is 0 Å². The third-order valence-corrected chi connectivity index (χ3v) is 3.92. The van der Waals surface area contributed by atoms with E-state index >= 15 is 0 Å². The first-order valence-corrected chi connectivity index (χ1v) is 8.13. The maximum Gasteiger partial charge on any atom is 0.0483 e. The number of rotatable bonds is 10. The zero-order chi connectivity index (χ0) is 14.9. The Hall–Kier alpha value is -1.32. The predicted octanol–water partition coefficient (Wildman–Crippen LogP) is 3.61. The molecule has 0 saturated heterocycles. The molecule has 2 rings (SSSR count). The Morgan fingerprint density at radius 3 is 2.81 bits per heavy atom. The number of nitrogens with zero attached hydrogens (tertiary/aromatic N) is 1. The summed E-state index contributed by atoms with van der Waals surface area (Å²) >= 11 is 0. The Balaban J connectivity index is 2.03. The highest BCUT2D eigenvalue weighted by atomic mass is 16.5. The van der Waals surface area contributed by atoms with Crippen LogP contribution in [0.4, 0.5) is 0 Å². The van der Waals surface area contributed by atoms with E-state index in [1.54, 1.807) is 7.11 Å². The fraction of sp³-hybridized carbons (Fsp3) is 0.556. The molecule has 0 bridgehead atoms. The third-order valence-electron chi connectivity index (χ3n) is 3.92. The Bertz CT molecular complexity index is 487. The molecule has 1 aromatic carbocycles. The van der Waals surface area contributed by atoms with E-state index in [-0.39, 0.29) is 0 Å². The fourth-order valence-electron chi connectivity index (χ4n) is 2.82. The first kappa shape index (κ1) is 16.1. The van der Waals surface area contributed by atoms with Crippen LogP contribution in [0.15, 0.2) is 30.5 Å². The molecule has 0 fully saturated rings. The van der Waals surface area contributed by atoms with Crippen LogP contribution in [-0.2, 0) is 17.7 Å². The molecule has 3 nitrogen and oxygen atoms in total. The van der Waals surface area contributed by atoms with Crippen LogP contribution < -0.4 is 5.32 Å². The zero-order valence-electron chi connectivity index (χ0n) is 13.4. The van der Waals surface area contributed by atoms with E-state index in [1.807, 2.05) is 0 Å². The summed E-state index contributed by atoms with van der Waals surface area (Å²) in [7, 11) is 1.77. The van der Waals surface area contributed by atoms with Gasteiger partial charge in [0.2, 0.25) is 0 Å². The summed E-state index contributed by atoms with van der Waals surface area (Å²) in [6.45, 7) is 6.25. The number of unbranched alkanes of at least 4 members (excludes halogenated alkanes) is 1. The van der Waals surface area contributed by atoms with E-state index in [0.29, 0.717) is 0 Å². The average Bonchev–Trinajstić information content (AvgIpc) is 2.87. The minimum atomic E-state index is 0.856. The summed E-state index contributed by atoms with van der Waals surface area (Å²) in [6.07, 6.45) is 7.00. The molecule has 116 valence electrons. The van der Waals surface area contributed by atoms with Gasteiger partial charge in [-0.15, -0.1) is 0 Å². The van der Waals surface area contributed by atoms with Gasteiger partial charge in [0.25, 0.3) is 0 Å². The maximum absolute atomic E-state index is 5.13. The normalized spacial score (nSPS) is 11.3. The molecule has 0 aliphatic heterocycles. The van der Waals surface area contributed by atoms with Gasteiger partial charge in [-0.1, -0.05) is 25.1 Å². The Morgan fingerprint density at radius 2 is 2.00 bits per heavy atom. The third kappa shape index (κ3) is 4.58. The molecule has 1 aromatic heterocycles. The van der Waals surface area contributed by atoms with Gasteiger partial charge in [-0.05, 0) is 50.4 Å². The van der Waals surface area contributed by atoms with Crippen LogP contribution in [0.25, 0.3) is 10.9 Å². The van der Waals surface area contributed by atoms with E-state index in [4.69, 9.17) is 4.74 Å². The van der Waals surface area contributed by atoms with Gasteiger partial charge in [-0.25, -0.2) is 0 Å². The molecule has 1 heterocycles. The van der Waals surface area contributed by atoms with E-state index in [2.05, 4.69) is 47.3 Å². The minimum Gasteiger partial charge on any atom is -0.385 e. The summed E-state index contributed by atoms with van der Waals surface area (Å²) in [6, 6.07) is 8.77. The van der Waals surface area contributed by atoms with Crippen molar-refractivity contribution in [3.63, 3.8) is 0 Å². The number of aromatic nitrogens is 1. The summed E-state index contributed by atoms with van der Waals surface area (Å²) in [5, 5.41) is 4.82. The highest BCUT2D eigenvalue weighted by molar-refractivity contribution is 5.83. The lowest BCUT2D eigenvalue weighted by atomic mass is 10.1. The summed E-state index contributed by atoms with van der Waals surface area (Å²) < 4.78 is 7.54. The van der Waals surface area contributed by atoms with Crippen molar-refractivity contribution >= 4 is 10.9 Å². The van der Waals surface area contributed by atoms with E-state index in [9.17, 15) is 0 Å². The second kappa shape index (κ2) is 8.85. The Morgan fingerprint density at radius 1 is 1.14 bits per heavy atom. The molecule has 0 saturated carbocycles. The van der Waals surface area contributed by atoms with Gasteiger partial charge < -0.3 is 14.6 Å². The maximum atomic E-state index is 5.13. The van der Waals surface area contributed by atoms with E-state index < -0.39 is 0 Å². The largest absolute Gasteiger partial charge is 0.385 e. The molecule has 1 N–H and O–H groups in total. The van der Waals surface area contributed by atoms with Gasteiger partial charge >= 0.3 is 0 Å². The van der Waals surface area contributed by atoms with Gasteiger partial charge in [0.1, 0.15) is 0 Å². The van der Waals surface area contributed by atoms with Crippen LogP contribution in [0.5, 0.6) is 0 Å². The lowest BCUT2D eigenvalue weighted by molar-refractivity contribution is 0.191. The number of nitrogens with one attached hydrogen (secondary N) is 1. The van der Waals surface area contributed by atoms with Crippen LogP contribution in [0.3, 0.4) is 0 Å². The molecule has 2 aromatic rings. The lowest BCUT2D eigenvalue weighted by Crippen LogP contribution is -2.14. The molecule has 0 aliphatic rings. The molecular weight excluding hydrogens is 260 g/mol. The zero-order valence-corrected chi connectivity index (χ0v) is 13.4. The number of aryl methyl sites for hydroxylation is 2. The van der Waals surface area contributed by atoms with Gasteiger partial charge in [0.05, 0.1) is 0 Å². The average molecular weight is 288 g/mol. The predicted molar refractivity (Wildman–Crippen MR) is 89.9 cm³/mol. The number of para-hydroxylation sites is 1. The lowest BCUT2D eigenvalue weighted by Gasteiger charge is -2.04. The van der Waals surface area contributed by atoms with Gasteiger partial charge in [0, 0.05) is 37.4 Å². The number of hydrogen-bond donors (Lipinski definition) is 1. The number of benzene rings is 1. The molecule has 0 radical (unpaired) electrons. The van der Waals surface area contributed by atoms with Crippen LogP contribution in [-0.4, -0.2) is 31.4 Å².